The van der Waals surface area contributed by atoms with Crippen LogP contribution in [0, 0.1) is 34.3 Å². The summed E-state index contributed by atoms with van der Waals surface area (Å²) < 4.78 is 30.2. The van der Waals surface area contributed by atoms with Crippen LogP contribution in [-0.2, 0) is 17.6 Å². The number of thiophene rings is 2. The van der Waals surface area contributed by atoms with Crippen molar-refractivity contribution in [3.8, 4) is 11.4 Å². The molecular formula is C49H58F2N4O2S2. The number of aldehydes is 1. The fraction of sp³-hybridized carbons (Fsp3) is 0.367. The molecule has 0 amide bonds. The Bertz CT molecular complexity index is 2310. The Hall–Kier alpha value is -4.77. The maximum Gasteiger partial charge on any atom is 0.123 e. The first-order valence-electron chi connectivity index (χ1n) is 19.4. The van der Waals surface area contributed by atoms with Gasteiger partial charge in [0, 0.05) is 16.2 Å². The maximum atomic E-state index is 13.3. The van der Waals surface area contributed by atoms with Crippen LogP contribution in [0.5, 0.6) is 0 Å². The number of aliphatic hydroxyl groups excluding tert-OH is 1. The molecule has 5 atom stereocenters. The summed E-state index contributed by atoms with van der Waals surface area (Å²) >= 11 is 3.35. The second-order valence-electron chi connectivity index (χ2n) is 15.8. The zero-order valence-electron chi connectivity index (χ0n) is 31.7. The van der Waals surface area contributed by atoms with Gasteiger partial charge in [0.15, 0.2) is 0 Å². The Balaban J connectivity index is 0.000000194. The van der Waals surface area contributed by atoms with Gasteiger partial charge in [0.1, 0.15) is 17.9 Å². The van der Waals surface area contributed by atoms with Crippen molar-refractivity contribution < 1.29 is 18.7 Å². The van der Waals surface area contributed by atoms with Gasteiger partial charge in [-0.1, -0.05) is 65.5 Å². The molecular weight excluding hydrogens is 779 g/mol. The molecule has 0 saturated heterocycles. The highest BCUT2D eigenvalue weighted by Gasteiger charge is 2.47. The van der Waals surface area contributed by atoms with Gasteiger partial charge in [0.25, 0.3) is 0 Å². The number of carbonyl (C=O) groups is 1. The Kier molecular flexibility index (Phi) is 14.7. The number of carbonyl (C=O) groups excluding carboxylic acids is 1. The van der Waals surface area contributed by atoms with Crippen LogP contribution in [-0.4, -0.2) is 31.0 Å². The van der Waals surface area contributed by atoms with E-state index in [0.717, 1.165) is 90.9 Å². The molecule has 312 valence electrons. The molecule has 10 heteroatoms. The lowest BCUT2D eigenvalue weighted by molar-refractivity contribution is -0.114. The zero-order chi connectivity index (χ0) is 38.9. The Morgan fingerprint density at radius 3 is 1.71 bits per heavy atom. The van der Waals surface area contributed by atoms with Crippen molar-refractivity contribution in [3.05, 3.63) is 152 Å². The molecule has 2 fully saturated rings. The maximum absolute atomic E-state index is 13.3. The third-order valence-electron chi connectivity index (χ3n) is 12.5. The van der Waals surface area contributed by atoms with E-state index < -0.39 is 6.10 Å². The molecule has 0 spiro atoms. The highest BCUT2D eigenvalue weighted by atomic mass is 32.1. The summed E-state index contributed by atoms with van der Waals surface area (Å²) in [5, 5.41) is 26.3. The third-order valence-corrected chi connectivity index (χ3v) is 14.1. The second-order valence-corrected chi connectivity index (χ2v) is 17.6. The molecule has 6 aromatic rings. The average Bonchev–Trinajstić information content (AvgIpc) is 4.05. The Morgan fingerprint density at radius 2 is 1.24 bits per heavy atom. The summed E-state index contributed by atoms with van der Waals surface area (Å²) in [6.07, 6.45) is 17.0. The first kappa shape index (κ1) is 45.3. The zero-order valence-corrected chi connectivity index (χ0v) is 33.3. The van der Waals surface area contributed by atoms with E-state index in [9.17, 15) is 18.7 Å². The lowest BCUT2D eigenvalue weighted by Gasteiger charge is -2.47. The Morgan fingerprint density at radius 1 is 0.729 bits per heavy atom. The highest BCUT2D eigenvalue weighted by Crippen LogP contribution is 2.55. The molecule has 4 aromatic heterocycles. The molecule has 4 aliphatic carbocycles. The number of halogens is 2. The van der Waals surface area contributed by atoms with Crippen LogP contribution in [0.4, 0.5) is 8.78 Å². The quantitative estimate of drug-likeness (QED) is 0.176. The average molecular weight is 837 g/mol. The number of benzene rings is 2. The van der Waals surface area contributed by atoms with Crippen molar-refractivity contribution in [2.24, 2.45) is 22.7 Å². The van der Waals surface area contributed by atoms with Crippen LogP contribution in [0.3, 0.4) is 0 Å². The summed E-state index contributed by atoms with van der Waals surface area (Å²) in [7, 11) is 0. The van der Waals surface area contributed by atoms with Crippen molar-refractivity contribution in [1.29, 1.82) is 0 Å². The molecule has 4 heterocycles. The number of rotatable bonds is 5. The van der Waals surface area contributed by atoms with Crippen LogP contribution < -0.4 is 0 Å². The smallest absolute Gasteiger partial charge is 0.123 e. The predicted octanol–water partition coefficient (Wildman–Crippen LogP) is 13.2. The van der Waals surface area contributed by atoms with E-state index in [1.54, 1.807) is 46.9 Å². The monoisotopic (exact) mass is 836 g/mol. The number of fused-ring (bicyclic) bond motifs is 4. The number of hydrogen-bond donors (Lipinski definition) is 1. The standard InChI is InChI=1S/C23H23FN2OS.C19H19FN2O.C4H4S.3CH4/c1-23-13-15-14-25-26(18-9-7-17(24)8-10-18)20(15)12-16(23)4-2-5-19(23)22(27)21-6-3-11-28-21;1-19-10-13-11-21-22(17-7-5-16(20)6-8-17)18(13)9-14(19)3-2-4-15(19)12-23;1-2-4-5-3-1;;;/h3,6-12,14,19,22,27H,2,4-5,13H2,1H3;5-9,11-12,15H,2-4,10H2,1H3;1-4H;3*1H4/t19-,22-,23+;15-,19+;;;;/m11..../s1. The van der Waals surface area contributed by atoms with Crippen molar-refractivity contribution in [3.63, 3.8) is 0 Å². The molecule has 0 radical (unpaired) electrons. The van der Waals surface area contributed by atoms with Gasteiger partial charge in [-0.2, -0.15) is 21.5 Å². The van der Waals surface area contributed by atoms with E-state index in [1.807, 2.05) is 62.2 Å². The first-order valence-corrected chi connectivity index (χ1v) is 21.2. The number of aromatic nitrogens is 4. The lowest BCUT2D eigenvalue weighted by Crippen LogP contribution is -2.40. The number of nitrogens with zero attached hydrogens (tertiary/aromatic N) is 4. The van der Waals surface area contributed by atoms with Crippen LogP contribution in [0.15, 0.2) is 112 Å². The SMILES string of the molecule is C.C.C.C[C@]12Cc3cnn(-c4ccc(F)cc4)c3C=C1CCC[C@@H]2C=O.C[C@]12Cc3cnn(-c4ccc(F)cc4)c3C=C1CCC[C@@H]2[C@@H](O)c1cccs1.c1ccsc1. The minimum absolute atomic E-state index is 0. The van der Waals surface area contributed by atoms with Gasteiger partial charge >= 0.3 is 0 Å². The molecule has 59 heavy (non-hydrogen) atoms. The van der Waals surface area contributed by atoms with Crippen LogP contribution in [0.2, 0.25) is 0 Å². The predicted molar refractivity (Wildman–Crippen MR) is 241 cm³/mol. The van der Waals surface area contributed by atoms with Gasteiger partial charge in [0.2, 0.25) is 0 Å². The van der Waals surface area contributed by atoms with E-state index in [0.29, 0.717) is 0 Å². The highest BCUT2D eigenvalue weighted by molar-refractivity contribution is 7.10. The summed E-state index contributed by atoms with van der Waals surface area (Å²) in [4.78, 5) is 12.6. The molecule has 1 N–H and O–H groups in total. The first-order chi connectivity index (χ1) is 27.2. The van der Waals surface area contributed by atoms with Crippen molar-refractivity contribution in [2.45, 2.75) is 93.6 Å². The van der Waals surface area contributed by atoms with Gasteiger partial charge in [-0.15, -0.1) is 11.3 Å². The van der Waals surface area contributed by atoms with Crippen molar-refractivity contribution in [1.82, 2.24) is 19.6 Å². The molecule has 6 nitrogen and oxygen atoms in total. The Labute approximate surface area is 357 Å². The number of hydrogen-bond acceptors (Lipinski definition) is 6. The minimum atomic E-state index is -0.428. The molecule has 0 aliphatic heterocycles. The van der Waals surface area contributed by atoms with E-state index in [4.69, 9.17) is 0 Å². The van der Waals surface area contributed by atoms with E-state index >= 15 is 0 Å². The minimum Gasteiger partial charge on any atom is -0.387 e. The van der Waals surface area contributed by atoms with Crippen LogP contribution in [0.1, 0.15) is 108 Å². The van der Waals surface area contributed by atoms with Crippen molar-refractivity contribution >= 4 is 41.1 Å². The van der Waals surface area contributed by atoms with Gasteiger partial charge in [-0.25, -0.2) is 18.1 Å². The summed E-state index contributed by atoms with van der Waals surface area (Å²) in [5.41, 5.74) is 8.84. The van der Waals surface area contributed by atoms with E-state index in [2.05, 4.69) is 36.2 Å². The number of aliphatic hydroxyl groups is 1. The molecule has 10 rings (SSSR count). The fourth-order valence-corrected chi connectivity index (χ4v) is 10.6. The molecule has 0 unspecified atom stereocenters. The van der Waals surface area contributed by atoms with Gasteiger partial charge in [-0.05, 0) is 157 Å². The van der Waals surface area contributed by atoms with Crippen molar-refractivity contribution in [2.75, 3.05) is 0 Å². The fourth-order valence-electron chi connectivity index (χ4n) is 9.34. The largest absolute Gasteiger partial charge is 0.387 e. The van der Waals surface area contributed by atoms with Crippen LogP contribution in [0.25, 0.3) is 23.5 Å². The molecule has 2 saturated carbocycles. The topological polar surface area (TPSA) is 72.9 Å². The summed E-state index contributed by atoms with van der Waals surface area (Å²) in [6.45, 7) is 4.51. The summed E-state index contributed by atoms with van der Waals surface area (Å²) in [6, 6.07) is 20.9. The molecule has 4 aliphatic rings. The van der Waals surface area contributed by atoms with Gasteiger partial charge < -0.3 is 9.90 Å². The van der Waals surface area contributed by atoms with Gasteiger partial charge in [-0.3, -0.25) is 0 Å². The third kappa shape index (κ3) is 8.91. The van der Waals surface area contributed by atoms with Gasteiger partial charge in [0.05, 0.1) is 41.3 Å². The van der Waals surface area contributed by atoms with E-state index in [-0.39, 0.29) is 56.6 Å². The molecule has 2 aromatic carbocycles. The van der Waals surface area contributed by atoms with Crippen LogP contribution >= 0.6 is 22.7 Å². The second kappa shape index (κ2) is 19.1. The molecule has 0 bridgehead atoms. The normalized spacial score (nSPS) is 22.7. The lowest BCUT2D eigenvalue weighted by atomic mass is 9.58. The van der Waals surface area contributed by atoms with E-state index in [1.165, 1.54) is 41.0 Å². The number of allylic oxidation sites excluding steroid dienone is 2. The summed E-state index contributed by atoms with van der Waals surface area (Å²) in [5.74, 6) is -0.200.